The highest BCUT2D eigenvalue weighted by Crippen LogP contribution is 2.23. The lowest BCUT2D eigenvalue weighted by atomic mass is 10.2. The molecular weight excluding hydrogens is 310 g/mol. The molecule has 1 N–H and O–H groups in total. The van der Waals surface area contributed by atoms with E-state index in [-0.39, 0.29) is 18.8 Å². The Kier molecular flexibility index (Phi) is 5.56. The van der Waals surface area contributed by atoms with Crippen molar-refractivity contribution in [3.8, 4) is 0 Å². The molecule has 3 rings (SSSR count). The zero-order chi connectivity index (χ0) is 15.9. The molecule has 0 saturated carbocycles. The molecule has 2 aromatic rings. The monoisotopic (exact) mass is 329 g/mol. The number of epoxide rings is 1. The first-order chi connectivity index (χ1) is 11.3. The minimum absolute atomic E-state index is 0.0384. The van der Waals surface area contributed by atoms with Gasteiger partial charge in [-0.15, -0.1) is 11.8 Å². The van der Waals surface area contributed by atoms with Gasteiger partial charge in [0.05, 0.1) is 12.6 Å². The van der Waals surface area contributed by atoms with Gasteiger partial charge in [0.15, 0.2) is 0 Å². The van der Waals surface area contributed by atoms with E-state index < -0.39 is 6.09 Å². The number of carbonyl (C=O) groups excluding carboxylic acids is 1. The fourth-order valence-electron chi connectivity index (χ4n) is 2.15. The highest BCUT2D eigenvalue weighted by Gasteiger charge is 2.34. The molecule has 2 unspecified atom stereocenters. The number of amides is 1. The summed E-state index contributed by atoms with van der Waals surface area (Å²) < 4.78 is 10.6. The van der Waals surface area contributed by atoms with Crippen LogP contribution in [0.1, 0.15) is 5.56 Å². The van der Waals surface area contributed by atoms with Crippen LogP contribution in [-0.2, 0) is 16.1 Å². The van der Waals surface area contributed by atoms with Gasteiger partial charge in [0, 0.05) is 10.6 Å². The van der Waals surface area contributed by atoms with Gasteiger partial charge in [-0.1, -0.05) is 48.5 Å². The second-order valence-electron chi connectivity index (χ2n) is 5.31. The number of ether oxygens (including phenoxy) is 2. The van der Waals surface area contributed by atoms with Crippen molar-refractivity contribution < 1.29 is 14.3 Å². The topological polar surface area (TPSA) is 50.9 Å². The maximum absolute atomic E-state index is 12.0. The number of hydrogen-bond acceptors (Lipinski definition) is 4. The minimum Gasteiger partial charge on any atom is -0.445 e. The maximum atomic E-state index is 12.0. The molecular formula is C18H19NO3S. The average Bonchev–Trinajstić information content (AvgIpc) is 3.43. The van der Waals surface area contributed by atoms with E-state index in [0.717, 1.165) is 11.3 Å². The SMILES string of the molecule is O=C(NC(CSc1ccccc1)C1CO1)OCc1ccccc1. The number of hydrogen-bond donors (Lipinski definition) is 1. The van der Waals surface area contributed by atoms with Crippen LogP contribution in [-0.4, -0.2) is 30.6 Å². The second kappa shape index (κ2) is 8.04. The molecule has 1 heterocycles. The first-order valence-corrected chi connectivity index (χ1v) is 8.56. The van der Waals surface area contributed by atoms with Crippen LogP contribution in [0.15, 0.2) is 65.6 Å². The van der Waals surface area contributed by atoms with Gasteiger partial charge in [-0.05, 0) is 17.7 Å². The lowest BCUT2D eigenvalue weighted by Gasteiger charge is -2.16. The smallest absolute Gasteiger partial charge is 0.407 e. The summed E-state index contributed by atoms with van der Waals surface area (Å²) in [4.78, 5) is 13.2. The second-order valence-corrected chi connectivity index (χ2v) is 6.40. The highest BCUT2D eigenvalue weighted by molar-refractivity contribution is 7.99. The fraction of sp³-hybridized carbons (Fsp3) is 0.278. The third-order valence-electron chi connectivity index (χ3n) is 3.50. The first kappa shape index (κ1) is 15.9. The van der Waals surface area contributed by atoms with Gasteiger partial charge in [-0.2, -0.15) is 0 Å². The van der Waals surface area contributed by atoms with Crippen LogP contribution in [0, 0.1) is 0 Å². The number of benzene rings is 2. The maximum Gasteiger partial charge on any atom is 0.407 e. The summed E-state index contributed by atoms with van der Waals surface area (Å²) in [7, 11) is 0. The lowest BCUT2D eigenvalue weighted by molar-refractivity contribution is 0.134. The minimum atomic E-state index is -0.400. The standard InChI is InChI=1S/C18H19NO3S/c20-18(22-11-14-7-3-1-4-8-14)19-16(17-12-21-17)13-23-15-9-5-2-6-10-15/h1-10,16-17H,11-13H2,(H,19,20). The summed E-state index contributed by atoms with van der Waals surface area (Å²) in [6.07, 6.45) is -0.307. The van der Waals surface area contributed by atoms with E-state index in [0.29, 0.717) is 6.61 Å². The predicted octanol–water partition coefficient (Wildman–Crippen LogP) is 3.47. The van der Waals surface area contributed by atoms with Crippen LogP contribution in [0.2, 0.25) is 0 Å². The molecule has 120 valence electrons. The third kappa shape index (κ3) is 5.30. The predicted molar refractivity (Wildman–Crippen MR) is 90.5 cm³/mol. The highest BCUT2D eigenvalue weighted by atomic mass is 32.2. The molecule has 1 saturated heterocycles. The molecule has 0 spiro atoms. The van der Waals surface area contributed by atoms with Crippen LogP contribution in [0.3, 0.4) is 0 Å². The van der Waals surface area contributed by atoms with Crippen LogP contribution < -0.4 is 5.32 Å². The molecule has 5 heteroatoms. The quantitative estimate of drug-likeness (QED) is 0.624. The van der Waals surface area contributed by atoms with Crippen molar-refractivity contribution in [2.24, 2.45) is 0 Å². The summed E-state index contributed by atoms with van der Waals surface area (Å²) in [5.74, 6) is 0.759. The van der Waals surface area contributed by atoms with Gasteiger partial charge in [-0.25, -0.2) is 4.79 Å². The Balaban J connectivity index is 1.46. The van der Waals surface area contributed by atoms with Crippen molar-refractivity contribution in [1.82, 2.24) is 5.32 Å². The van der Waals surface area contributed by atoms with Gasteiger partial charge < -0.3 is 14.8 Å². The Morgan fingerprint density at radius 3 is 2.48 bits per heavy atom. The number of rotatable bonds is 7. The first-order valence-electron chi connectivity index (χ1n) is 7.58. The van der Waals surface area contributed by atoms with Crippen molar-refractivity contribution in [1.29, 1.82) is 0 Å². The molecule has 0 aliphatic carbocycles. The van der Waals surface area contributed by atoms with Gasteiger partial charge in [0.25, 0.3) is 0 Å². The molecule has 1 aliphatic rings. The van der Waals surface area contributed by atoms with Gasteiger partial charge in [0.1, 0.15) is 12.7 Å². The Labute approximate surface area is 140 Å². The number of alkyl carbamates (subject to hydrolysis) is 1. The lowest BCUT2D eigenvalue weighted by Crippen LogP contribution is -2.40. The molecule has 2 aromatic carbocycles. The van der Waals surface area contributed by atoms with E-state index in [1.54, 1.807) is 11.8 Å². The molecule has 23 heavy (non-hydrogen) atoms. The summed E-state index contributed by atoms with van der Waals surface area (Å²) in [6.45, 7) is 0.968. The van der Waals surface area contributed by atoms with Crippen LogP contribution >= 0.6 is 11.8 Å². The summed E-state index contributed by atoms with van der Waals surface area (Å²) in [5, 5.41) is 2.91. The molecule has 0 aromatic heterocycles. The Bertz CT molecular complexity index is 617. The number of thioether (sulfide) groups is 1. The van der Waals surface area contributed by atoms with E-state index in [4.69, 9.17) is 9.47 Å². The van der Waals surface area contributed by atoms with E-state index in [1.165, 1.54) is 4.90 Å². The van der Waals surface area contributed by atoms with E-state index in [9.17, 15) is 4.79 Å². The van der Waals surface area contributed by atoms with Crippen molar-refractivity contribution in [3.63, 3.8) is 0 Å². The normalized spacial score (nSPS) is 17.3. The Morgan fingerprint density at radius 2 is 1.83 bits per heavy atom. The molecule has 1 amide bonds. The van der Waals surface area contributed by atoms with Gasteiger partial charge in [0.2, 0.25) is 0 Å². The molecule has 4 nitrogen and oxygen atoms in total. The van der Waals surface area contributed by atoms with Gasteiger partial charge in [-0.3, -0.25) is 0 Å². The Morgan fingerprint density at radius 1 is 1.17 bits per heavy atom. The van der Waals surface area contributed by atoms with E-state index >= 15 is 0 Å². The number of carbonyl (C=O) groups is 1. The van der Waals surface area contributed by atoms with Crippen molar-refractivity contribution in [2.75, 3.05) is 12.4 Å². The fourth-order valence-corrected chi connectivity index (χ4v) is 3.17. The summed E-state index contributed by atoms with van der Waals surface area (Å²) >= 11 is 1.70. The molecule has 0 radical (unpaired) electrons. The molecule has 2 atom stereocenters. The summed E-state index contributed by atoms with van der Waals surface area (Å²) in [5.41, 5.74) is 0.973. The molecule has 1 fully saturated rings. The van der Waals surface area contributed by atoms with Crippen molar-refractivity contribution in [3.05, 3.63) is 66.2 Å². The van der Waals surface area contributed by atoms with Crippen molar-refractivity contribution >= 4 is 17.9 Å². The zero-order valence-electron chi connectivity index (χ0n) is 12.7. The number of nitrogens with one attached hydrogen (secondary N) is 1. The third-order valence-corrected chi connectivity index (χ3v) is 4.63. The largest absolute Gasteiger partial charge is 0.445 e. The van der Waals surface area contributed by atoms with Crippen LogP contribution in [0.25, 0.3) is 0 Å². The molecule has 0 bridgehead atoms. The molecule has 1 aliphatic heterocycles. The van der Waals surface area contributed by atoms with Crippen LogP contribution in [0.4, 0.5) is 4.79 Å². The van der Waals surface area contributed by atoms with E-state index in [1.807, 2.05) is 48.5 Å². The Hall–Kier alpha value is -1.98. The zero-order valence-corrected chi connectivity index (χ0v) is 13.5. The van der Waals surface area contributed by atoms with E-state index in [2.05, 4.69) is 17.4 Å². The summed E-state index contributed by atoms with van der Waals surface area (Å²) in [6, 6.07) is 19.7. The average molecular weight is 329 g/mol. The van der Waals surface area contributed by atoms with Crippen molar-refractivity contribution in [2.45, 2.75) is 23.6 Å². The van der Waals surface area contributed by atoms with Gasteiger partial charge >= 0.3 is 6.09 Å². The van der Waals surface area contributed by atoms with Crippen LogP contribution in [0.5, 0.6) is 0 Å².